The molecule has 0 aliphatic heterocycles. The topological polar surface area (TPSA) is 29.3 Å². The van der Waals surface area contributed by atoms with Crippen molar-refractivity contribution in [1.82, 2.24) is 4.90 Å². The van der Waals surface area contributed by atoms with Crippen molar-refractivity contribution in [3.05, 3.63) is 65.0 Å². The van der Waals surface area contributed by atoms with Crippen LogP contribution in [0.5, 0.6) is 0 Å². The number of anilines is 1. The average molecular weight is 258 g/mol. The van der Waals surface area contributed by atoms with E-state index in [4.69, 9.17) is 5.73 Å². The van der Waals surface area contributed by atoms with Gasteiger partial charge in [-0.05, 0) is 48.9 Å². The highest BCUT2D eigenvalue weighted by Crippen LogP contribution is 2.16. The van der Waals surface area contributed by atoms with E-state index in [1.54, 1.807) is 6.07 Å². The molecular weight excluding hydrogens is 239 g/mol. The molecule has 0 amide bonds. The number of hydrogen-bond donors (Lipinski definition) is 1. The molecule has 2 nitrogen and oxygen atoms in total. The summed E-state index contributed by atoms with van der Waals surface area (Å²) in [6.07, 6.45) is 0. The average Bonchev–Trinajstić information content (AvgIpc) is 2.37. The first-order valence-corrected chi connectivity index (χ1v) is 6.33. The fourth-order valence-electron chi connectivity index (χ4n) is 2.13. The lowest BCUT2D eigenvalue weighted by atomic mass is 10.1. The normalized spacial score (nSPS) is 10.9. The van der Waals surface area contributed by atoms with Crippen LogP contribution in [0.3, 0.4) is 0 Å². The Morgan fingerprint density at radius 2 is 1.74 bits per heavy atom. The molecule has 0 spiro atoms. The number of nitrogens with zero attached hydrogens (tertiary/aromatic N) is 1. The maximum absolute atomic E-state index is 13.3. The Balaban J connectivity index is 2.07. The summed E-state index contributed by atoms with van der Waals surface area (Å²) in [5, 5.41) is 0. The number of para-hydroxylation sites is 1. The van der Waals surface area contributed by atoms with E-state index in [1.165, 1.54) is 6.07 Å². The van der Waals surface area contributed by atoms with Gasteiger partial charge in [-0.15, -0.1) is 0 Å². The van der Waals surface area contributed by atoms with Crippen LogP contribution in [0.1, 0.15) is 16.7 Å². The van der Waals surface area contributed by atoms with Crippen LogP contribution in [0.15, 0.2) is 42.5 Å². The van der Waals surface area contributed by atoms with Crippen molar-refractivity contribution >= 4 is 5.69 Å². The third kappa shape index (κ3) is 3.55. The van der Waals surface area contributed by atoms with E-state index in [0.717, 1.165) is 28.9 Å². The van der Waals surface area contributed by atoms with Gasteiger partial charge in [-0.25, -0.2) is 4.39 Å². The van der Waals surface area contributed by atoms with Crippen LogP contribution < -0.4 is 5.73 Å². The minimum absolute atomic E-state index is 0.187. The quantitative estimate of drug-likeness (QED) is 0.852. The monoisotopic (exact) mass is 258 g/mol. The standard InChI is InChI=1S/C16H19FN2/c1-12-7-8-15(17)9-14(12)11-19(2)10-13-5-3-4-6-16(13)18/h3-9H,10-11,18H2,1-2H3. The predicted molar refractivity (Wildman–Crippen MR) is 77.2 cm³/mol. The number of nitrogen functional groups attached to an aromatic ring is 1. The highest BCUT2D eigenvalue weighted by atomic mass is 19.1. The van der Waals surface area contributed by atoms with Crippen LogP contribution in [-0.4, -0.2) is 11.9 Å². The number of hydrogen-bond acceptors (Lipinski definition) is 2. The first kappa shape index (κ1) is 13.6. The highest BCUT2D eigenvalue weighted by molar-refractivity contribution is 5.46. The van der Waals surface area contributed by atoms with Gasteiger partial charge in [0.25, 0.3) is 0 Å². The summed E-state index contributed by atoms with van der Waals surface area (Å²) in [5.41, 5.74) is 9.94. The van der Waals surface area contributed by atoms with Crippen molar-refractivity contribution < 1.29 is 4.39 Å². The molecule has 2 aromatic carbocycles. The molecule has 0 unspecified atom stereocenters. The zero-order valence-electron chi connectivity index (χ0n) is 11.4. The Labute approximate surface area is 113 Å². The Hall–Kier alpha value is -1.87. The molecule has 2 rings (SSSR count). The van der Waals surface area contributed by atoms with Gasteiger partial charge in [0.1, 0.15) is 5.82 Å². The van der Waals surface area contributed by atoms with E-state index in [2.05, 4.69) is 4.90 Å². The number of aryl methyl sites for hydroxylation is 1. The molecule has 0 aliphatic carbocycles. The van der Waals surface area contributed by atoms with Crippen LogP contribution in [-0.2, 0) is 13.1 Å². The summed E-state index contributed by atoms with van der Waals surface area (Å²) >= 11 is 0. The van der Waals surface area contributed by atoms with Crippen molar-refractivity contribution in [2.75, 3.05) is 12.8 Å². The van der Waals surface area contributed by atoms with E-state index in [1.807, 2.05) is 44.3 Å². The van der Waals surface area contributed by atoms with E-state index >= 15 is 0 Å². The van der Waals surface area contributed by atoms with Crippen LogP contribution in [0, 0.1) is 12.7 Å². The fraction of sp³-hybridized carbons (Fsp3) is 0.250. The highest BCUT2D eigenvalue weighted by Gasteiger charge is 2.07. The molecule has 2 aromatic rings. The molecule has 2 N–H and O–H groups in total. The molecule has 0 saturated carbocycles. The van der Waals surface area contributed by atoms with E-state index < -0.39 is 0 Å². The number of rotatable bonds is 4. The van der Waals surface area contributed by atoms with Crippen LogP contribution in [0.25, 0.3) is 0 Å². The minimum atomic E-state index is -0.187. The van der Waals surface area contributed by atoms with E-state index in [-0.39, 0.29) is 5.82 Å². The minimum Gasteiger partial charge on any atom is -0.398 e. The van der Waals surface area contributed by atoms with Crippen molar-refractivity contribution in [2.24, 2.45) is 0 Å². The molecule has 0 aliphatic rings. The van der Waals surface area contributed by atoms with Crippen molar-refractivity contribution in [2.45, 2.75) is 20.0 Å². The molecule has 19 heavy (non-hydrogen) atoms. The van der Waals surface area contributed by atoms with Crippen molar-refractivity contribution in [1.29, 1.82) is 0 Å². The Morgan fingerprint density at radius 1 is 1.05 bits per heavy atom. The summed E-state index contributed by atoms with van der Waals surface area (Å²) in [6.45, 7) is 3.46. The van der Waals surface area contributed by atoms with Gasteiger partial charge in [0.05, 0.1) is 0 Å². The zero-order chi connectivity index (χ0) is 13.8. The smallest absolute Gasteiger partial charge is 0.123 e. The summed E-state index contributed by atoms with van der Waals surface area (Å²) in [6, 6.07) is 12.7. The SMILES string of the molecule is Cc1ccc(F)cc1CN(C)Cc1ccccc1N. The lowest BCUT2D eigenvalue weighted by Gasteiger charge is -2.19. The molecule has 0 saturated heterocycles. The van der Waals surface area contributed by atoms with Crippen LogP contribution in [0.4, 0.5) is 10.1 Å². The third-order valence-electron chi connectivity index (χ3n) is 3.25. The van der Waals surface area contributed by atoms with Crippen molar-refractivity contribution in [3.63, 3.8) is 0 Å². The van der Waals surface area contributed by atoms with E-state index in [0.29, 0.717) is 6.54 Å². The summed E-state index contributed by atoms with van der Waals surface area (Å²) < 4.78 is 13.3. The van der Waals surface area contributed by atoms with Gasteiger partial charge in [-0.2, -0.15) is 0 Å². The molecule has 0 aromatic heterocycles. The lowest BCUT2D eigenvalue weighted by molar-refractivity contribution is 0.318. The second kappa shape index (κ2) is 5.85. The summed E-state index contributed by atoms with van der Waals surface area (Å²) in [5.74, 6) is -0.187. The molecule has 0 heterocycles. The zero-order valence-corrected chi connectivity index (χ0v) is 11.4. The van der Waals surface area contributed by atoms with E-state index in [9.17, 15) is 4.39 Å². The van der Waals surface area contributed by atoms with Gasteiger partial charge >= 0.3 is 0 Å². The second-order valence-electron chi connectivity index (χ2n) is 4.94. The number of halogens is 1. The van der Waals surface area contributed by atoms with Gasteiger partial charge < -0.3 is 5.73 Å². The van der Waals surface area contributed by atoms with Crippen molar-refractivity contribution in [3.8, 4) is 0 Å². The molecule has 0 atom stereocenters. The largest absolute Gasteiger partial charge is 0.398 e. The predicted octanol–water partition coefficient (Wildman–Crippen LogP) is 3.35. The first-order chi connectivity index (χ1) is 9.06. The third-order valence-corrected chi connectivity index (χ3v) is 3.25. The van der Waals surface area contributed by atoms with Gasteiger partial charge in [0, 0.05) is 18.8 Å². The number of nitrogens with two attached hydrogens (primary N) is 1. The molecule has 100 valence electrons. The molecule has 0 radical (unpaired) electrons. The maximum atomic E-state index is 13.3. The van der Waals surface area contributed by atoms with Gasteiger partial charge in [0.15, 0.2) is 0 Å². The van der Waals surface area contributed by atoms with Crippen LogP contribution in [0.2, 0.25) is 0 Å². The first-order valence-electron chi connectivity index (χ1n) is 6.33. The Kier molecular flexibility index (Phi) is 4.17. The van der Waals surface area contributed by atoms with Gasteiger partial charge in [-0.1, -0.05) is 24.3 Å². The number of benzene rings is 2. The maximum Gasteiger partial charge on any atom is 0.123 e. The molecular formula is C16H19FN2. The fourth-order valence-corrected chi connectivity index (χ4v) is 2.13. The lowest BCUT2D eigenvalue weighted by Crippen LogP contribution is -2.18. The summed E-state index contributed by atoms with van der Waals surface area (Å²) in [4.78, 5) is 2.13. The summed E-state index contributed by atoms with van der Waals surface area (Å²) in [7, 11) is 2.01. The Bertz CT molecular complexity index is 566. The Morgan fingerprint density at radius 3 is 2.47 bits per heavy atom. The second-order valence-corrected chi connectivity index (χ2v) is 4.94. The van der Waals surface area contributed by atoms with Gasteiger partial charge in [-0.3, -0.25) is 4.90 Å². The molecule has 0 fully saturated rings. The molecule has 3 heteroatoms. The van der Waals surface area contributed by atoms with Gasteiger partial charge in [0.2, 0.25) is 0 Å². The van der Waals surface area contributed by atoms with Crippen LogP contribution >= 0.6 is 0 Å². The molecule has 0 bridgehead atoms.